The molecule has 2 rings (SSSR count). The molecule has 2 aromatic heterocycles. The van der Waals surface area contributed by atoms with Crippen molar-refractivity contribution in [2.45, 2.75) is 38.6 Å². The van der Waals surface area contributed by atoms with Crippen LogP contribution in [-0.2, 0) is 11.2 Å². The number of unbranched alkanes of at least 4 members (excludes halogenated alkanes) is 1. The van der Waals surface area contributed by atoms with Crippen LogP contribution in [0.5, 0.6) is 0 Å². The first-order chi connectivity index (χ1) is 9.79. The Morgan fingerprint density at radius 1 is 1.45 bits per heavy atom. The Morgan fingerprint density at radius 3 is 3.00 bits per heavy atom. The van der Waals surface area contributed by atoms with Gasteiger partial charge in [0.2, 0.25) is 5.91 Å². The second kappa shape index (κ2) is 7.80. The molecule has 0 fully saturated rings. The number of hydrogen-bond acceptors (Lipinski definition) is 3. The van der Waals surface area contributed by atoms with Crippen molar-refractivity contribution in [2.75, 3.05) is 0 Å². The number of thiophene rings is 1. The number of carbonyl (C=O) groups excluding carboxylic acids is 1. The van der Waals surface area contributed by atoms with E-state index < -0.39 is 0 Å². The summed E-state index contributed by atoms with van der Waals surface area (Å²) in [6, 6.07) is 6.00. The first kappa shape index (κ1) is 14.7. The van der Waals surface area contributed by atoms with E-state index in [4.69, 9.17) is 0 Å². The average Bonchev–Trinajstić information content (AvgIpc) is 2.97. The number of amides is 1. The van der Waals surface area contributed by atoms with Crippen LogP contribution in [0.1, 0.15) is 43.4 Å². The van der Waals surface area contributed by atoms with Crippen LogP contribution in [0, 0.1) is 0 Å². The maximum Gasteiger partial charge on any atom is 0.224 e. The summed E-state index contributed by atoms with van der Waals surface area (Å²) in [5, 5.41) is 7.15. The predicted molar refractivity (Wildman–Crippen MR) is 82.7 cm³/mol. The van der Waals surface area contributed by atoms with Crippen molar-refractivity contribution >= 4 is 17.2 Å². The SMILES string of the molecule is CCCC[C@@H](NC(=O)Cc1ccsc1)c1cccnc1. The lowest BCUT2D eigenvalue weighted by atomic mass is 10.0. The zero-order valence-corrected chi connectivity index (χ0v) is 12.5. The maximum absolute atomic E-state index is 12.1. The third-order valence-corrected chi connectivity index (χ3v) is 3.95. The van der Waals surface area contributed by atoms with E-state index in [1.165, 1.54) is 0 Å². The molecule has 0 aliphatic rings. The molecule has 0 spiro atoms. The number of hydrogen-bond donors (Lipinski definition) is 1. The third kappa shape index (κ3) is 4.46. The molecule has 1 atom stereocenters. The Morgan fingerprint density at radius 2 is 2.35 bits per heavy atom. The quantitative estimate of drug-likeness (QED) is 0.843. The molecule has 4 heteroatoms. The van der Waals surface area contributed by atoms with Gasteiger partial charge < -0.3 is 5.32 Å². The molecule has 20 heavy (non-hydrogen) atoms. The van der Waals surface area contributed by atoms with Gasteiger partial charge in [-0.1, -0.05) is 25.8 Å². The van der Waals surface area contributed by atoms with Crippen LogP contribution in [0.15, 0.2) is 41.4 Å². The molecule has 0 saturated heterocycles. The lowest BCUT2D eigenvalue weighted by Gasteiger charge is -2.18. The van der Waals surface area contributed by atoms with E-state index in [2.05, 4.69) is 17.2 Å². The van der Waals surface area contributed by atoms with Crippen LogP contribution < -0.4 is 5.32 Å². The first-order valence-corrected chi connectivity index (χ1v) is 7.94. The summed E-state index contributed by atoms with van der Waals surface area (Å²) >= 11 is 1.62. The van der Waals surface area contributed by atoms with Crippen LogP contribution >= 0.6 is 11.3 Å². The number of rotatable bonds is 7. The summed E-state index contributed by atoms with van der Waals surface area (Å²) in [7, 11) is 0. The lowest BCUT2D eigenvalue weighted by Crippen LogP contribution is -2.29. The van der Waals surface area contributed by atoms with E-state index >= 15 is 0 Å². The highest BCUT2D eigenvalue weighted by molar-refractivity contribution is 7.07. The number of carbonyl (C=O) groups is 1. The summed E-state index contributed by atoms with van der Waals surface area (Å²) in [5.41, 5.74) is 2.16. The van der Waals surface area contributed by atoms with E-state index in [0.717, 1.165) is 30.4 Å². The molecule has 3 nitrogen and oxygen atoms in total. The lowest BCUT2D eigenvalue weighted by molar-refractivity contribution is -0.121. The summed E-state index contributed by atoms with van der Waals surface area (Å²) in [6.45, 7) is 2.16. The monoisotopic (exact) mass is 288 g/mol. The highest BCUT2D eigenvalue weighted by Crippen LogP contribution is 2.19. The minimum Gasteiger partial charge on any atom is -0.349 e. The van der Waals surface area contributed by atoms with Gasteiger partial charge in [0.1, 0.15) is 0 Å². The molecule has 0 bridgehead atoms. The molecule has 2 heterocycles. The van der Waals surface area contributed by atoms with Crippen molar-refractivity contribution in [1.82, 2.24) is 10.3 Å². The fraction of sp³-hybridized carbons (Fsp3) is 0.375. The molecular weight excluding hydrogens is 268 g/mol. The van der Waals surface area contributed by atoms with E-state index in [1.807, 2.05) is 35.2 Å². The van der Waals surface area contributed by atoms with Gasteiger partial charge in [0, 0.05) is 12.4 Å². The van der Waals surface area contributed by atoms with Crippen LogP contribution in [0.25, 0.3) is 0 Å². The normalized spacial score (nSPS) is 12.1. The number of pyridine rings is 1. The molecule has 0 radical (unpaired) electrons. The van der Waals surface area contributed by atoms with Crippen LogP contribution in [0.3, 0.4) is 0 Å². The first-order valence-electron chi connectivity index (χ1n) is 7.00. The predicted octanol–water partition coefficient (Wildman–Crippen LogP) is 3.73. The molecule has 1 amide bonds. The van der Waals surface area contributed by atoms with Crippen molar-refractivity contribution < 1.29 is 4.79 Å². The molecule has 0 aliphatic heterocycles. The third-order valence-electron chi connectivity index (χ3n) is 3.21. The molecule has 0 aromatic carbocycles. The van der Waals surface area contributed by atoms with Gasteiger partial charge in [-0.25, -0.2) is 0 Å². The molecule has 0 aliphatic carbocycles. The second-order valence-electron chi connectivity index (χ2n) is 4.86. The van der Waals surface area contributed by atoms with Gasteiger partial charge in [0.15, 0.2) is 0 Å². The largest absolute Gasteiger partial charge is 0.349 e. The number of nitrogens with one attached hydrogen (secondary N) is 1. The smallest absolute Gasteiger partial charge is 0.224 e. The second-order valence-corrected chi connectivity index (χ2v) is 5.64. The van der Waals surface area contributed by atoms with Crippen LogP contribution in [-0.4, -0.2) is 10.9 Å². The minimum atomic E-state index is 0.0646. The fourth-order valence-corrected chi connectivity index (χ4v) is 2.81. The Bertz CT molecular complexity index is 511. The minimum absolute atomic E-state index is 0.0646. The van der Waals surface area contributed by atoms with Crippen molar-refractivity contribution in [3.8, 4) is 0 Å². The highest BCUT2D eigenvalue weighted by Gasteiger charge is 2.14. The van der Waals surface area contributed by atoms with Gasteiger partial charge in [0.25, 0.3) is 0 Å². The summed E-state index contributed by atoms with van der Waals surface area (Å²) in [4.78, 5) is 16.3. The van der Waals surface area contributed by atoms with Crippen molar-refractivity contribution in [2.24, 2.45) is 0 Å². The van der Waals surface area contributed by atoms with Crippen molar-refractivity contribution in [3.05, 3.63) is 52.5 Å². The zero-order chi connectivity index (χ0) is 14.2. The van der Waals surface area contributed by atoms with Crippen LogP contribution in [0.4, 0.5) is 0 Å². The Balaban J connectivity index is 1.98. The molecule has 0 saturated carbocycles. The Labute approximate surface area is 124 Å². The van der Waals surface area contributed by atoms with E-state index in [0.29, 0.717) is 6.42 Å². The van der Waals surface area contributed by atoms with Gasteiger partial charge in [-0.3, -0.25) is 9.78 Å². The van der Waals surface area contributed by atoms with E-state index in [9.17, 15) is 4.79 Å². The van der Waals surface area contributed by atoms with Crippen molar-refractivity contribution in [3.63, 3.8) is 0 Å². The molecule has 2 aromatic rings. The highest BCUT2D eigenvalue weighted by atomic mass is 32.1. The van der Waals surface area contributed by atoms with Gasteiger partial charge in [-0.05, 0) is 40.4 Å². The molecule has 1 N–H and O–H groups in total. The molecule has 106 valence electrons. The zero-order valence-electron chi connectivity index (χ0n) is 11.7. The Kier molecular flexibility index (Phi) is 5.74. The summed E-state index contributed by atoms with van der Waals surface area (Å²) in [6.07, 6.45) is 7.22. The topological polar surface area (TPSA) is 42.0 Å². The maximum atomic E-state index is 12.1. The fourth-order valence-electron chi connectivity index (χ4n) is 2.14. The number of nitrogens with zero attached hydrogens (tertiary/aromatic N) is 1. The summed E-state index contributed by atoms with van der Waals surface area (Å²) in [5.74, 6) is 0.0772. The van der Waals surface area contributed by atoms with Gasteiger partial charge in [-0.2, -0.15) is 11.3 Å². The van der Waals surface area contributed by atoms with Gasteiger partial charge in [-0.15, -0.1) is 0 Å². The van der Waals surface area contributed by atoms with E-state index in [-0.39, 0.29) is 11.9 Å². The Hall–Kier alpha value is -1.68. The summed E-state index contributed by atoms with van der Waals surface area (Å²) < 4.78 is 0. The standard InChI is InChI=1S/C16H20N2OS/c1-2-3-6-15(14-5-4-8-17-11-14)18-16(19)10-13-7-9-20-12-13/h4-5,7-9,11-12,15H,2-3,6,10H2,1H3,(H,18,19)/t15-/m1/s1. The van der Waals surface area contributed by atoms with Crippen LogP contribution in [0.2, 0.25) is 0 Å². The molecular formula is C16H20N2OS. The molecule has 0 unspecified atom stereocenters. The number of aromatic nitrogens is 1. The van der Waals surface area contributed by atoms with E-state index in [1.54, 1.807) is 17.5 Å². The van der Waals surface area contributed by atoms with Crippen molar-refractivity contribution in [1.29, 1.82) is 0 Å². The average molecular weight is 288 g/mol. The van der Waals surface area contributed by atoms with Gasteiger partial charge in [0.05, 0.1) is 12.5 Å². The van der Waals surface area contributed by atoms with Gasteiger partial charge >= 0.3 is 0 Å².